The van der Waals surface area contributed by atoms with Crippen LogP contribution in [0.25, 0.3) is 10.2 Å². The van der Waals surface area contributed by atoms with Crippen LogP contribution < -0.4 is 10.2 Å². The Balaban J connectivity index is 1.37. The monoisotopic (exact) mass is 556 g/mol. The molecule has 2 aliphatic heterocycles. The van der Waals surface area contributed by atoms with Gasteiger partial charge in [0.1, 0.15) is 16.5 Å². The number of likely N-dealkylation sites (N-methyl/N-ethyl adjacent to an activating group) is 1. The number of piperazine rings is 1. The summed E-state index contributed by atoms with van der Waals surface area (Å²) in [6.45, 7) is 12.7. The molecule has 0 radical (unpaired) electrons. The summed E-state index contributed by atoms with van der Waals surface area (Å²) in [5.74, 6) is 2.51. The molecule has 4 heterocycles. The molecule has 2 aliphatic rings. The number of benzene rings is 1. The van der Waals surface area contributed by atoms with Crippen molar-refractivity contribution in [3.05, 3.63) is 45.0 Å². The summed E-state index contributed by atoms with van der Waals surface area (Å²) in [4.78, 5) is 32.3. The predicted molar refractivity (Wildman–Crippen MR) is 148 cm³/mol. The van der Waals surface area contributed by atoms with Crippen LogP contribution in [0, 0.1) is 5.92 Å². The molecule has 0 atom stereocenters. The zero-order valence-corrected chi connectivity index (χ0v) is 23.1. The number of aromatic nitrogens is 2. The van der Waals surface area contributed by atoms with Crippen LogP contribution in [0.15, 0.2) is 28.7 Å². The molecule has 1 fully saturated rings. The highest BCUT2D eigenvalue weighted by molar-refractivity contribution is 9.10. The maximum Gasteiger partial charge on any atom is 0.321 e. The molecule has 1 aromatic carbocycles. The summed E-state index contributed by atoms with van der Waals surface area (Å²) in [5.41, 5.74) is 2.25. The van der Waals surface area contributed by atoms with E-state index < -0.39 is 0 Å². The molecule has 0 saturated carbocycles. The third-order valence-corrected chi connectivity index (χ3v) is 8.45. The van der Waals surface area contributed by atoms with Crippen LogP contribution in [0.1, 0.15) is 37.0 Å². The van der Waals surface area contributed by atoms with Crippen molar-refractivity contribution in [2.24, 2.45) is 5.92 Å². The quantitative estimate of drug-likeness (QED) is 0.456. The van der Waals surface area contributed by atoms with Gasteiger partial charge in [0.2, 0.25) is 0 Å². The maximum absolute atomic E-state index is 12.8. The number of amides is 2. The Morgan fingerprint density at radius 3 is 2.54 bits per heavy atom. The van der Waals surface area contributed by atoms with Gasteiger partial charge in [-0.25, -0.2) is 14.8 Å². The van der Waals surface area contributed by atoms with Crippen molar-refractivity contribution in [3.63, 3.8) is 0 Å². The molecule has 1 saturated heterocycles. The van der Waals surface area contributed by atoms with Crippen LogP contribution in [0.5, 0.6) is 0 Å². The highest BCUT2D eigenvalue weighted by Crippen LogP contribution is 2.39. The predicted octanol–water partition coefficient (Wildman–Crippen LogP) is 5.38. The van der Waals surface area contributed by atoms with E-state index in [2.05, 4.69) is 51.8 Å². The second kappa shape index (κ2) is 10.4. The second-order valence-electron chi connectivity index (χ2n) is 9.78. The first-order chi connectivity index (χ1) is 16.9. The largest absolute Gasteiger partial charge is 0.352 e. The van der Waals surface area contributed by atoms with E-state index in [0.29, 0.717) is 19.0 Å². The summed E-state index contributed by atoms with van der Waals surface area (Å²) in [7, 11) is 0. The third kappa shape index (κ3) is 5.32. The minimum Gasteiger partial charge on any atom is -0.352 e. The average molecular weight is 558 g/mol. The number of hydrogen-bond donors (Lipinski definition) is 1. The van der Waals surface area contributed by atoms with Gasteiger partial charge in [-0.1, -0.05) is 36.7 Å². The molecule has 0 unspecified atom stereocenters. The molecule has 7 nitrogen and oxygen atoms in total. The van der Waals surface area contributed by atoms with Crippen LogP contribution in [-0.4, -0.2) is 65.1 Å². The Bertz CT molecular complexity index is 1200. The van der Waals surface area contributed by atoms with Crippen molar-refractivity contribution in [3.8, 4) is 0 Å². The molecule has 186 valence electrons. The fourth-order valence-corrected chi connectivity index (χ4v) is 6.42. The molecule has 35 heavy (non-hydrogen) atoms. The second-order valence-corrected chi connectivity index (χ2v) is 11.8. The van der Waals surface area contributed by atoms with E-state index in [4.69, 9.17) is 9.97 Å². The lowest BCUT2D eigenvalue weighted by atomic mass is 10.0. The van der Waals surface area contributed by atoms with Gasteiger partial charge in [-0.2, -0.15) is 0 Å². The maximum atomic E-state index is 12.8. The van der Waals surface area contributed by atoms with E-state index in [1.807, 2.05) is 40.5 Å². The van der Waals surface area contributed by atoms with Crippen LogP contribution in [-0.2, 0) is 19.4 Å². The number of thiophene rings is 1. The molecule has 0 spiro atoms. The molecule has 3 aromatic rings. The molecule has 2 aromatic heterocycles. The molecule has 2 amide bonds. The number of nitrogens with zero attached hydrogens (tertiary/aromatic N) is 5. The van der Waals surface area contributed by atoms with Gasteiger partial charge < -0.3 is 15.1 Å². The molecule has 1 N–H and O–H groups in total. The van der Waals surface area contributed by atoms with Crippen molar-refractivity contribution < 1.29 is 4.79 Å². The molecule has 0 bridgehead atoms. The van der Waals surface area contributed by atoms with Crippen LogP contribution in [0.3, 0.4) is 0 Å². The van der Waals surface area contributed by atoms with Crippen LogP contribution in [0.4, 0.5) is 16.3 Å². The number of nitrogens with one attached hydrogen (secondary N) is 1. The lowest BCUT2D eigenvalue weighted by Gasteiger charge is -2.36. The number of anilines is 2. The number of carbonyl (C=O) groups excluding carboxylic acids is 1. The number of fused-ring (bicyclic) bond motifs is 3. The molecular formula is C26H33BrN6OS. The van der Waals surface area contributed by atoms with Crippen molar-refractivity contribution in [1.29, 1.82) is 0 Å². The van der Waals surface area contributed by atoms with Crippen molar-refractivity contribution in [1.82, 2.24) is 19.8 Å². The van der Waals surface area contributed by atoms with Crippen LogP contribution in [0.2, 0.25) is 0 Å². The zero-order chi connectivity index (χ0) is 24.5. The molecule has 9 heteroatoms. The highest BCUT2D eigenvalue weighted by Gasteiger charge is 2.28. The number of urea groups is 1. The van der Waals surface area contributed by atoms with Gasteiger partial charge in [0.05, 0.1) is 5.39 Å². The summed E-state index contributed by atoms with van der Waals surface area (Å²) in [6, 6.07) is 7.64. The standard InChI is InChI=1S/C26H33BrN6OS/c1-4-31-10-9-20-21(16-31)35-25-23(20)24(29-22(30-25)15-17(2)3)32-11-13-33(14-12-32)26(34)28-19-7-5-18(27)6-8-19/h5-8,17H,4,9-16H2,1-3H3,(H,28,34). The van der Waals surface area contributed by atoms with Crippen molar-refractivity contribution >= 4 is 55.0 Å². The van der Waals surface area contributed by atoms with E-state index in [0.717, 1.165) is 72.2 Å². The van der Waals surface area contributed by atoms with E-state index in [-0.39, 0.29) is 6.03 Å². The summed E-state index contributed by atoms with van der Waals surface area (Å²) < 4.78 is 0.995. The third-order valence-electron chi connectivity index (χ3n) is 6.81. The molecule has 0 aliphatic carbocycles. The fourth-order valence-electron chi connectivity index (χ4n) is 4.88. The first-order valence-electron chi connectivity index (χ1n) is 12.5. The van der Waals surface area contributed by atoms with Gasteiger partial charge in [-0.3, -0.25) is 4.90 Å². The van der Waals surface area contributed by atoms with Gasteiger partial charge in [-0.05, 0) is 48.7 Å². The number of hydrogen-bond acceptors (Lipinski definition) is 6. The lowest BCUT2D eigenvalue weighted by Crippen LogP contribution is -2.50. The highest BCUT2D eigenvalue weighted by atomic mass is 79.9. The van der Waals surface area contributed by atoms with Gasteiger partial charge in [0, 0.05) is 60.7 Å². The Morgan fingerprint density at radius 1 is 1.11 bits per heavy atom. The Labute approximate surface area is 219 Å². The van der Waals surface area contributed by atoms with E-state index in [1.54, 1.807) is 0 Å². The fraction of sp³-hybridized carbons (Fsp3) is 0.500. The van der Waals surface area contributed by atoms with Gasteiger partial charge in [0.25, 0.3) is 0 Å². The summed E-state index contributed by atoms with van der Waals surface area (Å²) >= 11 is 5.29. The van der Waals surface area contributed by atoms with E-state index in [9.17, 15) is 4.79 Å². The van der Waals surface area contributed by atoms with Crippen molar-refractivity contribution in [2.75, 3.05) is 49.5 Å². The van der Waals surface area contributed by atoms with Crippen molar-refractivity contribution in [2.45, 2.75) is 40.2 Å². The number of halogens is 1. The van der Waals surface area contributed by atoms with Gasteiger partial charge in [0.15, 0.2) is 0 Å². The minimum atomic E-state index is -0.0483. The van der Waals surface area contributed by atoms with Crippen LogP contribution >= 0.6 is 27.3 Å². The number of rotatable bonds is 5. The Hall–Kier alpha value is -2.23. The summed E-state index contributed by atoms with van der Waals surface area (Å²) in [5, 5.41) is 4.27. The molecular weight excluding hydrogens is 524 g/mol. The van der Waals surface area contributed by atoms with E-state index in [1.165, 1.54) is 15.8 Å². The van der Waals surface area contributed by atoms with E-state index >= 15 is 0 Å². The topological polar surface area (TPSA) is 64.6 Å². The first kappa shape index (κ1) is 24.5. The normalized spacial score (nSPS) is 16.7. The SMILES string of the molecule is CCN1CCc2c(sc3nc(CC(C)C)nc(N4CCN(C(=O)Nc5ccc(Br)cc5)CC4)c23)C1. The van der Waals surface area contributed by atoms with Gasteiger partial charge >= 0.3 is 6.03 Å². The first-order valence-corrected chi connectivity index (χ1v) is 14.1. The Kier molecular flexibility index (Phi) is 7.27. The molecule has 5 rings (SSSR count). The summed E-state index contributed by atoms with van der Waals surface area (Å²) in [6.07, 6.45) is 1.93. The Morgan fingerprint density at radius 2 is 1.86 bits per heavy atom. The van der Waals surface area contributed by atoms with Gasteiger partial charge in [-0.15, -0.1) is 11.3 Å². The zero-order valence-electron chi connectivity index (χ0n) is 20.7. The minimum absolute atomic E-state index is 0.0483. The number of carbonyl (C=O) groups is 1. The average Bonchev–Trinajstić information content (AvgIpc) is 3.22. The smallest absolute Gasteiger partial charge is 0.321 e. The lowest BCUT2D eigenvalue weighted by molar-refractivity contribution is 0.208.